The summed E-state index contributed by atoms with van der Waals surface area (Å²) in [7, 11) is 0. The summed E-state index contributed by atoms with van der Waals surface area (Å²) in [4.78, 5) is 25.5. The maximum atomic E-state index is 12.9. The van der Waals surface area contributed by atoms with Gasteiger partial charge < -0.3 is 14.2 Å². The molecule has 1 atom stereocenters. The first-order chi connectivity index (χ1) is 33.6. The quantitative estimate of drug-likeness (QED) is 0.0345. The van der Waals surface area contributed by atoms with Crippen LogP contribution in [0.4, 0.5) is 0 Å². The Morgan fingerprint density at radius 3 is 1.06 bits per heavy atom. The molecule has 0 saturated heterocycles. The van der Waals surface area contributed by atoms with Crippen molar-refractivity contribution in [3.05, 3.63) is 122 Å². The summed E-state index contributed by atoms with van der Waals surface area (Å²) in [5, 5.41) is 0. The minimum Gasteiger partial charge on any atom is -0.462 e. The lowest BCUT2D eigenvalue weighted by Crippen LogP contribution is -2.30. The van der Waals surface area contributed by atoms with Gasteiger partial charge in [0, 0.05) is 12.8 Å². The first kappa shape index (κ1) is 64.3. The molecule has 0 spiro atoms. The first-order valence-corrected chi connectivity index (χ1v) is 28.1. The molecule has 68 heavy (non-hydrogen) atoms. The van der Waals surface area contributed by atoms with Gasteiger partial charge in [-0.3, -0.25) is 9.59 Å². The van der Waals surface area contributed by atoms with Gasteiger partial charge in [0.2, 0.25) is 0 Å². The number of rotatable bonds is 50. The summed E-state index contributed by atoms with van der Waals surface area (Å²) in [5.74, 6) is -0.476. The Hall–Kier alpha value is -3.70. The number of hydrogen-bond acceptors (Lipinski definition) is 5. The lowest BCUT2D eigenvalue weighted by Gasteiger charge is -2.18. The van der Waals surface area contributed by atoms with E-state index >= 15 is 0 Å². The Morgan fingerprint density at radius 2 is 0.662 bits per heavy atom. The van der Waals surface area contributed by atoms with Crippen molar-refractivity contribution in [3.63, 3.8) is 0 Å². The van der Waals surface area contributed by atoms with Crippen molar-refractivity contribution in [1.29, 1.82) is 0 Å². The molecule has 0 aliphatic carbocycles. The summed E-state index contributed by atoms with van der Waals surface area (Å²) in [6, 6.07) is 0. The Balaban J connectivity index is 4.44. The van der Waals surface area contributed by atoms with Crippen LogP contribution in [0.3, 0.4) is 0 Å². The molecule has 0 aromatic carbocycles. The fourth-order valence-electron chi connectivity index (χ4n) is 7.42. The minimum absolute atomic E-state index is 0.0331. The average molecular weight is 942 g/mol. The van der Waals surface area contributed by atoms with Crippen LogP contribution in [-0.4, -0.2) is 37.9 Å². The molecule has 0 rings (SSSR count). The van der Waals surface area contributed by atoms with E-state index in [0.717, 1.165) is 116 Å². The molecule has 1 unspecified atom stereocenters. The summed E-state index contributed by atoms with van der Waals surface area (Å²) in [6.45, 7) is 7.36. The third-order valence-electron chi connectivity index (χ3n) is 11.5. The van der Waals surface area contributed by atoms with E-state index in [2.05, 4.69) is 142 Å². The molecular weight excluding hydrogens is 837 g/mol. The maximum absolute atomic E-state index is 12.9. The van der Waals surface area contributed by atoms with Crippen LogP contribution in [0.2, 0.25) is 0 Å². The number of ether oxygens (including phenoxy) is 3. The fraction of sp³-hybridized carbons (Fsp3) is 0.651. The van der Waals surface area contributed by atoms with Crippen molar-refractivity contribution in [1.82, 2.24) is 0 Å². The highest BCUT2D eigenvalue weighted by Gasteiger charge is 2.17. The van der Waals surface area contributed by atoms with Crippen LogP contribution in [0.15, 0.2) is 122 Å². The molecule has 0 fully saturated rings. The van der Waals surface area contributed by atoms with E-state index in [1.165, 1.54) is 89.9 Å². The molecule has 0 amide bonds. The number of carbonyl (C=O) groups excluding carboxylic acids is 2. The van der Waals surface area contributed by atoms with Gasteiger partial charge in [-0.1, -0.05) is 251 Å². The molecule has 0 N–H and O–H groups in total. The number of hydrogen-bond donors (Lipinski definition) is 0. The largest absolute Gasteiger partial charge is 0.462 e. The second kappa shape index (κ2) is 57.6. The highest BCUT2D eigenvalue weighted by atomic mass is 16.6. The van der Waals surface area contributed by atoms with Gasteiger partial charge >= 0.3 is 11.9 Å². The van der Waals surface area contributed by atoms with Crippen molar-refractivity contribution in [2.24, 2.45) is 0 Å². The van der Waals surface area contributed by atoms with Crippen LogP contribution in [0.5, 0.6) is 0 Å². The summed E-state index contributed by atoms with van der Waals surface area (Å²) in [6.07, 6.45) is 81.0. The van der Waals surface area contributed by atoms with Gasteiger partial charge in [-0.05, 0) is 96.3 Å². The zero-order valence-corrected chi connectivity index (χ0v) is 44.3. The second-order valence-electron chi connectivity index (χ2n) is 18.1. The van der Waals surface area contributed by atoms with Gasteiger partial charge in [0.1, 0.15) is 6.61 Å². The van der Waals surface area contributed by atoms with Crippen molar-refractivity contribution in [2.75, 3.05) is 19.8 Å². The van der Waals surface area contributed by atoms with Crippen LogP contribution in [0.1, 0.15) is 239 Å². The van der Waals surface area contributed by atoms with Crippen LogP contribution in [-0.2, 0) is 23.8 Å². The fourth-order valence-corrected chi connectivity index (χ4v) is 7.42. The Kier molecular flexibility index (Phi) is 54.5. The average Bonchev–Trinajstić information content (AvgIpc) is 3.34. The Morgan fingerprint density at radius 1 is 0.338 bits per heavy atom. The molecule has 0 heterocycles. The van der Waals surface area contributed by atoms with Crippen LogP contribution >= 0.6 is 0 Å². The number of allylic oxidation sites excluding steroid dienone is 19. The Bertz CT molecular complexity index is 1390. The van der Waals surface area contributed by atoms with Gasteiger partial charge in [0.25, 0.3) is 0 Å². The van der Waals surface area contributed by atoms with E-state index in [9.17, 15) is 9.59 Å². The van der Waals surface area contributed by atoms with E-state index in [1.54, 1.807) is 0 Å². The molecule has 0 aromatic heterocycles. The molecule has 5 nitrogen and oxygen atoms in total. The van der Waals surface area contributed by atoms with E-state index in [1.807, 2.05) is 0 Å². The first-order valence-electron chi connectivity index (χ1n) is 28.1. The van der Waals surface area contributed by atoms with Crippen LogP contribution < -0.4 is 0 Å². The second-order valence-corrected chi connectivity index (χ2v) is 18.1. The lowest BCUT2D eigenvalue weighted by molar-refractivity contribution is -0.162. The molecule has 0 aromatic rings. The van der Waals surface area contributed by atoms with Crippen molar-refractivity contribution >= 4 is 11.9 Å². The third-order valence-corrected chi connectivity index (χ3v) is 11.5. The van der Waals surface area contributed by atoms with E-state index in [4.69, 9.17) is 14.2 Å². The molecule has 0 saturated carbocycles. The molecule has 0 aliphatic rings. The summed E-state index contributed by atoms with van der Waals surface area (Å²) >= 11 is 0. The van der Waals surface area contributed by atoms with E-state index < -0.39 is 6.10 Å². The van der Waals surface area contributed by atoms with Gasteiger partial charge in [0.05, 0.1) is 13.2 Å². The standard InChI is InChI=1S/C63H104O5/c1-4-7-10-13-16-19-22-25-28-31-32-34-35-38-41-44-47-50-53-56-62(64)67-60-61(59-66-58-55-52-49-46-43-40-37-30-27-24-21-18-15-12-9-6-3)68-63(65)57-54-51-48-45-42-39-36-33-29-26-23-20-17-14-11-8-5-2/h7,9-10,12,16,18-19,21,25,27-28,30,32,34,38,40-41,43,49,52,61H,4-6,8,11,13-15,17,20,22-24,26,29,31,33,35-37,39,42,44-48,50-51,53-60H2,1-3H3/b10-7-,12-9-,19-16-,21-18-,28-25-,30-27-,34-32-,41-38-,43-40-,52-49-. The van der Waals surface area contributed by atoms with Crippen LogP contribution in [0, 0.1) is 0 Å². The van der Waals surface area contributed by atoms with Gasteiger partial charge in [0.15, 0.2) is 6.10 Å². The van der Waals surface area contributed by atoms with Crippen molar-refractivity contribution < 1.29 is 23.8 Å². The molecule has 0 bridgehead atoms. The topological polar surface area (TPSA) is 61.8 Å². The smallest absolute Gasteiger partial charge is 0.306 e. The molecule has 5 heteroatoms. The van der Waals surface area contributed by atoms with Crippen LogP contribution in [0.25, 0.3) is 0 Å². The molecule has 386 valence electrons. The maximum Gasteiger partial charge on any atom is 0.306 e. The van der Waals surface area contributed by atoms with Gasteiger partial charge in [-0.15, -0.1) is 0 Å². The zero-order valence-electron chi connectivity index (χ0n) is 44.3. The monoisotopic (exact) mass is 941 g/mol. The SMILES string of the molecule is CC/C=C\C/C=C\C/C=C\C/C=C\C/C=C\CCCCCC(=O)OCC(COCC/C=C\C/C=C\C/C=C\C/C=C\C/C=C\CC)OC(=O)CCCCCCCCCCCCCCCCCCC. The van der Waals surface area contributed by atoms with E-state index in [-0.39, 0.29) is 25.2 Å². The predicted molar refractivity (Wildman–Crippen MR) is 297 cm³/mol. The minimum atomic E-state index is -0.596. The number of carbonyl (C=O) groups is 2. The van der Waals surface area contributed by atoms with Crippen molar-refractivity contribution in [2.45, 2.75) is 245 Å². The Labute approximate surface area is 420 Å². The summed E-state index contributed by atoms with van der Waals surface area (Å²) < 4.78 is 17.3. The summed E-state index contributed by atoms with van der Waals surface area (Å²) in [5.41, 5.74) is 0. The molecular formula is C63H104O5. The third kappa shape index (κ3) is 54.9. The molecule has 0 radical (unpaired) electrons. The number of esters is 2. The number of unbranched alkanes of at least 4 members (excludes halogenated alkanes) is 19. The normalized spacial score (nSPS) is 13.2. The lowest BCUT2D eigenvalue weighted by atomic mass is 10.0. The zero-order chi connectivity index (χ0) is 49.2. The van der Waals surface area contributed by atoms with Gasteiger partial charge in [-0.2, -0.15) is 0 Å². The molecule has 0 aliphatic heterocycles. The highest BCUT2D eigenvalue weighted by molar-refractivity contribution is 5.70. The predicted octanol–water partition coefficient (Wildman–Crippen LogP) is 19.3. The van der Waals surface area contributed by atoms with Gasteiger partial charge in [-0.25, -0.2) is 0 Å². The van der Waals surface area contributed by atoms with E-state index in [0.29, 0.717) is 19.4 Å². The van der Waals surface area contributed by atoms with Crippen molar-refractivity contribution in [3.8, 4) is 0 Å². The highest BCUT2D eigenvalue weighted by Crippen LogP contribution is 2.15.